The minimum Gasteiger partial charge on any atom is -0.493 e. The Morgan fingerprint density at radius 1 is 0.723 bits per heavy atom. The number of aromatic nitrogens is 1. The molecule has 1 saturated heterocycles. The van der Waals surface area contributed by atoms with Crippen molar-refractivity contribution in [1.29, 1.82) is 0 Å². The molecule has 65 heavy (non-hydrogen) atoms. The van der Waals surface area contributed by atoms with Gasteiger partial charge >= 0.3 is 0 Å². The van der Waals surface area contributed by atoms with E-state index in [4.69, 9.17) is 49.5 Å². The third-order valence-electron chi connectivity index (χ3n) is 10.7. The molecule has 2 aliphatic rings. The molecular formula is C47H56ClN5O12. The van der Waals surface area contributed by atoms with Crippen molar-refractivity contribution < 1.29 is 57.1 Å². The van der Waals surface area contributed by atoms with Crippen molar-refractivity contribution in [3.63, 3.8) is 0 Å². The minimum atomic E-state index is -1.02. The van der Waals surface area contributed by atoms with Gasteiger partial charge in [0.1, 0.15) is 17.8 Å². The largest absolute Gasteiger partial charge is 0.493 e. The van der Waals surface area contributed by atoms with E-state index in [1.165, 1.54) is 0 Å². The Morgan fingerprint density at radius 2 is 1.37 bits per heavy atom. The number of hydrogen-bond donors (Lipinski definition) is 2. The van der Waals surface area contributed by atoms with Gasteiger partial charge in [0.05, 0.1) is 85.3 Å². The third-order valence-corrected chi connectivity index (χ3v) is 10.9. The molecule has 1 fully saturated rings. The Hall–Kier alpha value is -5.82. The summed E-state index contributed by atoms with van der Waals surface area (Å²) in [7, 11) is 4.88. The molecule has 6 rings (SSSR count). The van der Waals surface area contributed by atoms with Gasteiger partial charge in [-0.25, -0.2) is 4.98 Å². The molecule has 0 aliphatic carbocycles. The van der Waals surface area contributed by atoms with Gasteiger partial charge in [-0.3, -0.25) is 34.3 Å². The fourth-order valence-electron chi connectivity index (χ4n) is 7.31. The maximum atomic E-state index is 13.3. The van der Waals surface area contributed by atoms with Crippen molar-refractivity contribution in [2.45, 2.75) is 38.5 Å². The van der Waals surface area contributed by atoms with Crippen LogP contribution in [0.4, 0.5) is 5.69 Å². The number of rotatable bonds is 28. The standard InChI is InChI=1S/C47H56ClN5O12/c1-58-38-11-7-32(27-40(38)59-2)15-17-52(30-33-8-12-39(41(28-33)60-3)65-31-34-9-13-42(48)50-29-34)18-20-62-22-24-64-26-25-63-23-21-61-19-16-49-36-6-4-5-35-44(36)47(57)53(46(35)56)37-10-14-43(54)51-45(37)55/h4-9,11-13,27-29,37,49H,10,14-26,30-31H2,1-3H3,(H,51,54,55). The van der Waals surface area contributed by atoms with E-state index in [0.717, 1.165) is 34.6 Å². The summed E-state index contributed by atoms with van der Waals surface area (Å²) in [6.45, 7) is 6.03. The Morgan fingerprint density at radius 3 is 2.06 bits per heavy atom. The van der Waals surface area contributed by atoms with Crippen molar-refractivity contribution in [2.75, 3.05) is 99.1 Å². The number of hydrogen-bond acceptors (Lipinski definition) is 15. The quantitative estimate of drug-likeness (QED) is 0.0442. The number of carbonyl (C=O) groups excluding carboxylic acids is 4. The van der Waals surface area contributed by atoms with Crippen LogP contribution in [0.2, 0.25) is 5.15 Å². The van der Waals surface area contributed by atoms with E-state index in [2.05, 4.69) is 20.5 Å². The van der Waals surface area contributed by atoms with Crippen LogP contribution in [0.1, 0.15) is 50.2 Å². The van der Waals surface area contributed by atoms with Gasteiger partial charge in [-0.2, -0.15) is 0 Å². The smallest absolute Gasteiger partial charge is 0.264 e. The molecular weight excluding hydrogens is 862 g/mol. The molecule has 1 atom stereocenters. The van der Waals surface area contributed by atoms with Crippen molar-refractivity contribution in [2.24, 2.45) is 0 Å². The molecule has 18 heteroatoms. The van der Waals surface area contributed by atoms with Crippen LogP contribution < -0.4 is 29.6 Å². The van der Waals surface area contributed by atoms with E-state index in [-0.39, 0.29) is 24.0 Å². The number of nitrogens with one attached hydrogen (secondary N) is 2. The minimum absolute atomic E-state index is 0.0584. The van der Waals surface area contributed by atoms with Crippen LogP contribution in [0, 0.1) is 0 Å². The summed E-state index contributed by atoms with van der Waals surface area (Å²) in [6.07, 6.45) is 2.63. The lowest BCUT2D eigenvalue weighted by Gasteiger charge is -2.27. The summed E-state index contributed by atoms with van der Waals surface area (Å²) in [5.41, 5.74) is 3.97. The number of pyridine rings is 1. The highest BCUT2D eigenvalue weighted by Gasteiger charge is 2.45. The lowest BCUT2D eigenvalue weighted by Crippen LogP contribution is -2.54. The Bertz CT molecular complexity index is 2230. The van der Waals surface area contributed by atoms with Gasteiger partial charge in [-0.1, -0.05) is 35.9 Å². The summed E-state index contributed by atoms with van der Waals surface area (Å²) in [4.78, 5) is 57.7. The lowest BCUT2D eigenvalue weighted by atomic mass is 10.0. The molecule has 2 aliphatic heterocycles. The number of benzene rings is 3. The Balaban J connectivity index is 0.859. The number of imide groups is 2. The second-order valence-electron chi connectivity index (χ2n) is 15.0. The fourth-order valence-corrected chi connectivity index (χ4v) is 7.42. The molecule has 17 nitrogen and oxygen atoms in total. The highest BCUT2D eigenvalue weighted by Crippen LogP contribution is 2.33. The van der Waals surface area contributed by atoms with Crippen molar-refractivity contribution in [3.8, 4) is 23.0 Å². The van der Waals surface area contributed by atoms with Crippen LogP contribution in [-0.4, -0.2) is 138 Å². The number of anilines is 1. The molecule has 0 spiro atoms. The number of piperidine rings is 1. The summed E-state index contributed by atoms with van der Waals surface area (Å²) in [5, 5.41) is 5.79. The van der Waals surface area contributed by atoms with Gasteiger partial charge in [-0.15, -0.1) is 0 Å². The van der Waals surface area contributed by atoms with Crippen molar-refractivity contribution in [3.05, 3.63) is 106 Å². The van der Waals surface area contributed by atoms with Crippen molar-refractivity contribution >= 4 is 40.9 Å². The summed E-state index contributed by atoms with van der Waals surface area (Å²) in [5.74, 6) is 0.454. The topological polar surface area (TPSA) is 186 Å². The monoisotopic (exact) mass is 917 g/mol. The summed E-state index contributed by atoms with van der Waals surface area (Å²) < 4.78 is 45.7. The molecule has 4 aromatic rings. The van der Waals surface area contributed by atoms with E-state index >= 15 is 0 Å². The van der Waals surface area contributed by atoms with E-state index in [0.29, 0.717) is 113 Å². The van der Waals surface area contributed by atoms with Crippen LogP contribution in [0.3, 0.4) is 0 Å². The fraction of sp³-hybridized carbons (Fsp3) is 0.426. The van der Waals surface area contributed by atoms with Gasteiger partial charge in [0.25, 0.3) is 11.8 Å². The number of amides is 4. The first kappa shape index (κ1) is 48.6. The van der Waals surface area contributed by atoms with E-state index < -0.39 is 29.7 Å². The van der Waals surface area contributed by atoms with Crippen LogP contribution in [-0.2, 0) is 48.1 Å². The second kappa shape index (κ2) is 25.0. The Kier molecular flexibility index (Phi) is 18.7. The maximum Gasteiger partial charge on any atom is 0.264 e. The van der Waals surface area contributed by atoms with Crippen LogP contribution in [0.5, 0.6) is 23.0 Å². The zero-order valence-corrected chi connectivity index (χ0v) is 37.7. The average molecular weight is 918 g/mol. The van der Waals surface area contributed by atoms with Crippen LogP contribution in [0.15, 0.2) is 72.9 Å². The van der Waals surface area contributed by atoms with Crippen LogP contribution in [0.25, 0.3) is 0 Å². The predicted molar refractivity (Wildman–Crippen MR) is 240 cm³/mol. The van der Waals surface area contributed by atoms with Gasteiger partial charge in [0.15, 0.2) is 23.0 Å². The number of carbonyl (C=O) groups is 4. The first-order valence-corrected chi connectivity index (χ1v) is 21.8. The molecule has 3 aromatic carbocycles. The lowest BCUT2D eigenvalue weighted by molar-refractivity contribution is -0.136. The molecule has 3 heterocycles. The van der Waals surface area contributed by atoms with E-state index in [1.807, 2.05) is 42.5 Å². The molecule has 1 aromatic heterocycles. The van der Waals surface area contributed by atoms with Crippen LogP contribution >= 0.6 is 11.6 Å². The first-order chi connectivity index (χ1) is 31.7. The zero-order chi connectivity index (χ0) is 46.0. The van der Waals surface area contributed by atoms with Gasteiger partial charge < -0.3 is 43.2 Å². The summed E-state index contributed by atoms with van der Waals surface area (Å²) in [6, 6.07) is 19.4. The molecule has 0 bridgehead atoms. The van der Waals surface area contributed by atoms with Crippen molar-refractivity contribution in [1.82, 2.24) is 20.1 Å². The number of ether oxygens (including phenoxy) is 8. The van der Waals surface area contributed by atoms with E-state index in [9.17, 15) is 19.2 Å². The zero-order valence-electron chi connectivity index (χ0n) is 36.9. The highest BCUT2D eigenvalue weighted by molar-refractivity contribution is 6.29. The maximum absolute atomic E-state index is 13.3. The first-order valence-electron chi connectivity index (χ1n) is 21.4. The summed E-state index contributed by atoms with van der Waals surface area (Å²) >= 11 is 5.92. The highest BCUT2D eigenvalue weighted by atomic mass is 35.5. The second-order valence-corrected chi connectivity index (χ2v) is 15.4. The molecule has 348 valence electrons. The van der Waals surface area contributed by atoms with Gasteiger partial charge in [0, 0.05) is 50.0 Å². The Labute approximate surface area is 383 Å². The SMILES string of the molecule is COc1ccc(CCN(CCOCCOCCOCCOCCNc2cccc3c2C(=O)N(C2CCC(=O)NC2=O)C3=O)Cc2ccc(OCc3ccc(Cl)nc3)c(OC)c2)cc1OC. The molecule has 2 N–H and O–H groups in total. The number of halogens is 1. The normalized spacial score (nSPS) is 14.7. The van der Waals surface area contributed by atoms with Gasteiger partial charge in [-0.05, 0) is 66.4 Å². The molecule has 0 radical (unpaired) electrons. The van der Waals surface area contributed by atoms with E-state index in [1.54, 1.807) is 51.8 Å². The third kappa shape index (κ3) is 13.8. The number of fused-ring (bicyclic) bond motifs is 1. The molecule has 4 amide bonds. The van der Waals surface area contributed by atoms with Gasteiger partial charge in [0.2, 0.25) is 11.8 Å². The molecule has 1 unspecified atom stereocenters. The number of nitrogens with zero attached hydrogens (tertiary/aromatic N) is 3. The average Bonchev–Trinajstić information content (AvgIpc) is 3.57. The number of methoxy groups -OCH3 is 3. The predicted octanol–water partition coefficient (Wildman–Crippen LogP) is 4.96. The molecule has 0 saturated carbocycles.